The Morgan fingerprint density at radius 2 is 1.47 bits per heavy atom. The van der Waals surface area contributed by atoms with Gasteiger partial charge in [-0.2, -0.15) is 0 Å². The fraction of sp³-hybridized carbons (Fsp3) is 0.500. The Hall–Kier alpha value is -3.03. The Balaban J connectivity index is 1.78. The van der Waals surface area contributed by atoms with Gasteiger partial charge in [-0.3, -0.25) is 0 Å². The van der Waals surface area contributed by atoms with Crippen LogP contribution in [0, 0.1) is 5.92 Å². The molecule has 8 nitrogen and oxygen atoms in total. The second-order valence-corrected chi connectivity index (χ2v) is 7.45. The largest absolute Gasteiger partial charge is 0.463 e. The number of carbonyl (C=O) groups is 3. The van der Waals surface area contributed by atoms with Crippen LogP contribution in [0.4, 0.5) is 9.59 Å². The summed E-state index contributed by atoms with van der Waals surface area (Å²) in [5.41, 5.74) is 2.88. The molecule has 160 valence electrons. The molecule has 1 saturated carbocycles. The Kier molecular flexibility index (Phi) is 5.40. The molecule has 0 spiro atoms. The number of hydrogen-bond acceptors (Lipinski definition) is 6. The van der Waals surface area contributed by atoms with Gasteiger partial charge in [0.1, 0.15) is 0 Å². The number of fused-ring (bicyclic) bond motifs is 7. The van der Waals surface area contributed by atoms with Crippen molar-refractivity contribution in [1.29, 1.82) is 0 Å². The molecule has 2 fully saturated rings. The summed E-state index contributed by atoms with van der Waals surface area (Å²) >= 11 is 0. The first-order chi connectivity index (χ1) is 14.5. The zero-order valence-corrected chi connectivity index (χ0v) is 17.4. The smallest absolute Gasteiger partial charge is 0.429 e. The van der Waals surface area contributed by atoms with Crippen LogP contribution < -0.4 is 0 Å². The minimum absolute atomic E-state index is 0.0260. The van der Waals surface area contributed by atoms with Crippen molar-refractivity contribution in [2.24, 2.45) is 5.92 Å². The third-order valence-electron chi connectivity index (χ3n) is 6.02. The van der Waals surface area contributed by atoms with Crippen LogP contribution in [0.2, 0.25) is 0 Å². The van der Waals surface area contributed by atoms with E-state index in [2.05, 4.69) is 0 Å². The highest BCUT2D eigenvalue weighted by Gasteiger charge is 2.64. The van der Waals surface area contributed by atoms with Gasteiger partial charge in [0, 0.05) is 17.9 Å². The number of rotatable bonds is 4. The Morgan fingerprint density at radius 1 is 0.900 bits per heavy atom. The predicted molar refractivity (Wildman–Crippen MR) is 107 cm³/mol. The molecule has 4 atom stereocenters. The zero-order valence-electron chi connectivity index (χ0n) is 17.4. The van der Waals surface area contributed by atoms with Crippen LogP contribution in [0.25, 0.3) is 5.57 Å². The molecule has 0 aromatic heterocycles. The highest BCUT2D eigenvalue weighted by Crippen LogP contribution is 2.60. The van der Waals surface area contributed by atoms with Gasteiger partial charge >= 0.3 is 18.2 Å². The molecule has 2 amide bonds. The van der Waals surface area contributed by atoms with E-state index in [1.807, 2.05) is 24.3 Å². The molecule has 0 unspecified atom stereocenters. The normalized spacial score (nSPS) is 27.1. The average molecular weight is 414 g/mol. The van der Waals surface area contributed by atoms with Crippen molar-refractivity contribution in [3.05, 3.63) is 41.5 Å². The van der Waals surface area contributed by atoms with Crippen molar-refractivity contribution >= 4 is 23.7 Å². The maximum atomic E-state index is 12.8. The summed E-state index contributed by atoms with van der Waals surface area (Å²) in [6.45, 7) is 5.91. The van der Waals surface area contributed by atoms with Crippen molar-refractivity contribution in [2.75, 3.05) is 19.8 Å². The van der Waals surface area contributed by atoms with E-state index in [1.54, 1.807) is 20.8 Å². The molecule has 1 aromatic rings. The van der Waals surface area contributed by atoms with Crippen LogP contribution in [0.1, 0.15) is 44.2 Å². The molecule has 3 aliphatic rings. The Morgan fingerprint density at radius 3 is 2.07 bits per heavy atom. The summed E-state index contributed by atoms with van der Waals surface area (Å²) < 4.78 is 15.6. The number of carbonyl (C=O) groups excluding carboxylic acids is 3. The molecule has 2 bridgehead atoms. The lowest BCUT2D eigenvalue weighted by Gasteiger charge is -2.42. The van der Waals surface area contributed by atoms with Gasteiger partial charge in [-0.1, -0.05) is 24.3 Å². The maximum absolute atomic E-state index is 12.8. The van der Waals surface area contributed by atoms with Crippen LogP contribution in [-0.4, -0.2) is 60.1 Å². The molecule has 1 saturated heterocycles. The van der Waals surface area contributed by atoms with E-state index in [0.717, 1.165) is 16.7 Å². The molecule has 8 heteroatoms. The minimum atomic E-state index is -0.581. The Labute approximate surface area is 175 Å². The van der Waals surface area contributed by atoms with Gasteiger partial charge in [0.2, 0.25) is 0 Å². The number of esters is 1. The molecule has 0 N–H and O–H groups in total. The molecule has 4 rings (SSSR count). The highest BCUT2D eigenvalue weighted by atomic mass is 16.6. The second-order valence-electron chi connectivity index (χ2n) is 7.45. The van der Waals surface area contributed by atoms with Gasteiger partial charge in [-0.05, 0) is 43.9 Å². The fourth-order valence-corrected chi connectivity index (χ4v) is 5.19. The van der Waals surface area contributed by atoms with E-state index >= 15 is 0 Å². The van der Waals surface area contributed by atoms with Crippen molar-refractivity contribution < 1.29 is 28.6 Å². The minimum Gasteiger partial charge on any atom is -0.463 e. The predicted octanol–water partition coefficient (Wildman–Crippen LogP) is 3.33. The zero-order chi connectivity index (χ0) is 21.4. The second kappa shape index (κ2) is 8.01. The molecule has 1 aromatic carbocycles. The van der Waals surface area contributed by atoms with Gasteiger partial charge in [-0.25, -0.2) is 24.4 Å². The first-order valence-electron chi connectivity index (χ1n) is 10.4. The lowest BCUT2D eigenvalue weighted by Crippen LogP contribution is -2.57. The summed E-state index contributed by atoms with van der Waals surface area (Å²) in [7, 11) is 0. The molecule has 1 aliphatic heterocycles. The fourth-order valence-electron chi connectivity index (χ4n) is 5.19. The lowest BCUT2D eigenvalue weighted by atomic mass is 9.88. The SMILES string of the molecule is CCOC(=O)/C=C1\c2ccccc2[C@H]2[C@@H]1[C@H]1C[C@@H]2N(C(=O)OCC)N1C(=O)OCC. The number of nitrogens with zero attached hydrogens (tertiary/aromatic N) is 2. The quantitative estimate of drug-likeness (QED) is 0.427. The monoisotopic (exact) mass is 414 g/mol. The van der Waals surface area contributed by atoms with Crippen LogP contribution in [0.15, 0.2) is 30.3 Å². The van der Waals surface area contributed by atoms with Crippen LogP contribution >= 0.6 is 0 Å². The van der Waals surface area contributed by atoms with Crippen LogP contribution in [0.5, 0.6) is 0 Å². The number of benzene rings is 1. The van der Waals surface area contributed by atoms with Crippen LogP contribution in [0.3, 0.4) is 0 Å². The molecular weight excluding hydrogens is 388 g/mol. The van der Waals surface area contributed by atoms with E-state index in [9.17, 15) is 14.4 Å². The summed E-state index contributed by atoms with van der Waals surface area (Å²) in [4.78, 5) is 37.8. The number of amides is 2. The van der Waals surface area contributed by atoms with E-state index in [1.165, 1.54) is 16.1 Å². The topological polar surface area (TPSA) is 85.4 Å². The van der Waals surface area contributed by atoms with E-state index < -0.39 is 18.2 Å². The molecule has 1 heterocycles. The molecule has 30 heavy (non-hydrogen) atoms. The Bertz CT molecular complexity index is 897. The number of hydrazine groups is 1. The van der Waals surface area contributed by atoms with Crippen molar-refractivity contribution in [3.8, 4) is 0 Å². The summed E-state index contributed by atoms with van der Waals surface area (Å²) in [5.74, 6) is -0.551. The van der Waals surface area contributed by atoms with Gasteiger partial charge < -0.3 is 14.2 Å². The standard InChI is InChI=1S/C22H26N2O6/c1-4-28-18(25)11-15-13-9-7-8-10-14(13)19-16-12-17(20(15)19)24(22(27)30-6-3)23(16)21(26)29-5-2/h7-11,16-17,19-20H,4-6,12H2,1-3H3/b15-11+/t16-,17+,19+,20-/m0/s1. The summed E-state index contributed by atoms with van der Waals surface area (Å²) in [6.07, 6.45) is 0.993. The van der Waals surface area contributed by atoms with Gasteiger partial charge in [0.15, 0.2) is 0 Å². The van der Waals surface area contributed by atoms with Crippen molar-refractivity contribution in [3.63, 3.8) is 0 Å². The van der Waals surface area contributed by atoms with Crippen LogP contribution in [-0.2, 0) is 19.0 Å². The third-order valence-corrected chi connectivity index (χ3v) is 6.02. The van der Waals surface area contributed by atoms with Crippen molar-refractivity contribution in [2.45, 2.75) is 45.2 Å². The lowest BCUT2D eigenvalue weighted by molar-refractivity contribution is -0.137. The number of ether oxygens (including phenoxy) is 3. The third kappa shape index (κ3) is 3.02. The van der Waals surface area contributed by atoms with E-state index in [-0.39, 0.29) is 43.7 Å². The molecule has 2 aliphatic carbocycles. The molecule has 0 radical (unpaired) electrons. The summed E-state index contributed by atoms with van der Waals surface area (Å²) in [5, 5.41) is 2.80. The first-order valence-corrected chi connectivity index (χ1v) is 10.4. The van der Waals surface area contributed by atoms with E-state index in [4.69, 9.17) is 14.2 Å². The average Bonchev–Trinajstić information content (AvgIpc) is 3.37. The number of hydrogen-bond donors (Lipinski definition) is 0. The van der Waals surface area contributed by atoms with E-state index in [0.29, 0.717) is 6.42 Å². The maximum Gasteiger partial charge on any atom is 0.429 e. The van der Waals surface area contributed by atoms with Gasteiger partial charge in [0.05, 0.1) is 31.9 Å². The summed E-state index contributed by atoms with van der Waals surface area (Å²) in [6, 6.07) is 7.31. The molecular formula is C22H26N2O6. The van der Waals surface area contributed by atoms with Gasteiger partial charge in [0.25, 0.3) is 0 Å². The first kappa shape index (κ1) is 20.3. The van der Waals surface area contributed by atoms with Crippen molar-refractivity contribution in [1.82, 2.24) is 10.0 Å². The highest BCUT2D eigenvalue weighted by molar-refractivity contribution is 5.95. The van der Waals surface area contributed by atoms with Gasteiger partial charge in [-0.15, -0.1) is 0 Å².